The van der Waals surface area contributed by atoms with Crippen LogP contribution in [0.2, 0.25) is 0 Å². The Balaban J connectivity index is 3.24. The third-order valence-corrected chi connectivity index (χ3v) is 7.00. The van der Waals surface area contributed by atoms with Crippen LogP contribution < -0.4 is 0 Å². The van der Waals surface area contributed by atoms with Crippen LogP contribution in [-0.2, 0) is 15.9 Å². The predicted molar refractivity (Wildman–Crippen MR) is 77.9 cm³/mol. The quantitative estimate of drug-likeness (QED) is 0.753. The summed E-state index contributed by atoms with van der Waals surface area (Å²) in [6.45, 7) is 5.83. The van der Waals surface area contributed by atoms with E-state index >= 15 is 0 Å². The van der Waals surface area contributed by atoms with Gasteiger partial charge in [-0.2, -0.15) is 4.31 Å². The van der Waals surface area contributed by atoms with Crippen LogP contribution in [-0.4, -0.2) is 25.8 Å². The van der Waals surface area contributed by atoms with E-state index in [0.29, 0.717) is 4.90 Å². The molecule has 0 radical (unpaired) electrons. The summed E-state index contributed by atoms with van der Waals surface area (Å²) in [7, 11) is -1.78. The van der Waals surface area contributed by atoms with Gasteiger partial charge in [0.05, 0.1) is 5.88 Å². The van der Waals surface area contributed by atoms with E-state index < -0.39 is 10.0 Å². The van der Waals surface area contributed by atoms with Crippen LogP contribution in [0.4, 0.5) is 0 Å². The zero-order chi connectivity index (χ0) is 13.9. The van der Waals surface area contributed by atoms with Gasteiger partial charge in [-0.3, -0.25) is 0 Å². The minimum atomic E-state index is -3.43. The van der Waals surface area contributed by atoms with E-state index in [1.54, 1.807) is 7.05 Å². The van der Waals surface area contributed by atoms with E-state index in [9.17, 15) is 8.42 Å². The normalized spacial score (nSPS) is 12.6. The number of hydrogen-bond acceptors (Lipinski definition) is 3. The molecule has 3 nitrogen and oxygen atoms in total. The molecule has 0 saturated carbocycles. The topological polar surface area (TPSA) is 37.4 Å². The molecule has 0 atom stereocenters. The molecule has 104 valence electrons. The predicted octanol–water partition coefficient (Wildman–Crippen LogP) is 3.60. The first-order valence-corrected chi connectivity index (χ1v) is 8.86. The molecule has 1 rings (SSSR count). The van der Waals surface area contributed by atoms with Gasteiger partial charge in [-0.15, -0.1) is 22.9 Å². The zero-order valence-electron chi connectivity index (χ0n) is 11.2. The monoisotopic (exact) mass is 309 g/mol. The highest BCUT2D eigenvalue weighted by Gasteiger charge is 2.30. The molecule has 1 heterocycles. The van der Waals surface area contributed by atoms with Crippen LogP contribution in [0.3, 0.4) is 0 Å². The number of alkyl halides is 1. The van der Waals surface area contributed by atoms with Crippen molar-refractivity contribution in [1.29, 1.82) is 0 Å². The molecule has 0 bridgehead atoms. The first kappa shape index (κ1) is 16.0. The number of nitrogens with zero attached hydrogens (tertiary/aromatic N) is 1. The third kappa shape index (κ3) is 2.90. The summed E-state index contributed by atoms with van der Waals surface area (Å²) in [5, 5.41) is 1.85. The molecule has 6 heteroatoms. The molecule has 0 aliphatic carbocycles. The fourth-order valence-electron chi connectivity index (χ4n) is 2.07. The Morgan fingerprint density at radius 1 is 1.39 bits per heavy atom. The van der Waals surface area contributed by atoms with Crippen molar-refractivity contribution >= 4 is 33.0 Å². The Bertz CT molecular complexity index is 492. The van der Waals surface area contributed by atoms with Crippen LogP contribution in [0, 0.1) is 6.92 Å². The maximum Gasteiger partial charge on any atom is 0.244 e. The average Bonchev–Trinajstić information content (AvgIpc) is 2.72. The SMILES string of the molecule is CCC(CC)N(C)S(=O)(=O)c1c(C)csc1CCl. The van der Waals surface area contributed by atoms with Gasteiger partial charge in [0.25, 0.3) is 0 Å². The van der Waals surface area contributed by atoms with Gasteiger partial charge >= 0.3 is 0 Å². The minimum Gasteiger partial charge on any atom is -0.207 e. The average molecular weight is 310 g/mol. The summed E-state index contributed by atoms with van der Waals surface area (Å²) in [4.78, 5) is 1.13. The molecule has 0 aliphatic rings. The lowest BCUT2D eigenvalue weighted by molar-refractivity contribution is 0.349. The van der Waals surface area contributed by atoms with Crippen LogP contribution >= 0.6 is 22.9 Å². The van der Waals surface area contributed by atoms with Crippen molar-refractivity contribution < 1.29 is 8.42 Å². The van der Waals surface area contributed by atoms with Crippen molar-refractivity contribution in [2.75, 3.05) is 7.05 Å². The van der Waals surface area contributed by atoms with Gasteiger partial charge in [0.1, 0.15) is 4.90 Å². The van der Waals surface area contributed by atoms with E-state index in [1.807, 2.05) is 26.2 Å². The summed E-state index contributed by atoms with van der Waals surface area (Å²) < 4.78 is 26.7. The highest BCUT2D eigenvalue weighted by Crippen LogP contribution is 2.31. The first-order valence-electron chi connectivity index (χ1n) is 6.01. The molecule has 1 aromatic heterocycles. The van der Waals surface area contributed by atoms with Crippen LogP contribution in [0.1, 0.15) is 37.1 Å². The van der Waals surface area contributed by atoms with Gasteiger partial charge in [-0.25, -0.2) is 8.42 Å². The lowest BCUT2D eigenvalue weighted by Crippen LogP contribution is -2.36. The number of aryl methyl sites for hydroxylation is 1. The molecule has 0 unspecified atom stereocenters. The molecular formula is C12H20ClNO2S2. The second-order valence-corrected chi connectivity index (χ2v) is 7.46. The Hall–Kier alpha value is -0.100. The highest BCUT2D eigenvalue weighted by atomic mass is 35.5. The molecule has 0 saturated heterocycles. The van der Waals surface area contributed by atoms with Crippen molar-refractivity contribution in [3.63, 3.8) is 0 Å². The van der Waals surface area contributed by atoms with Gasteiger partial charge in [-0.05, 0) is 30.7 Å². The summed E-state index contributed by atoms with van der Waals surface area (Å²) in [6.07, 6.45) is 1.62. The summed E-state index contributed by atoms with van der Waals surface area (Å²) >= 11 is 7.24. The van der Waals surface area contributed by atoms with Gasteiger partial charge in [0.15, 0.2) is 0 Å². The van der Waals surface area contributed by atoms with Gasteiger partial charge in [-0.1, -0.05) is 13.8 Å². The molecule has 0 aromatic carbocycles. The minimum absolute atomic E-state index is 0.0393. The fourth-order valence-corrected chi connectivity index (χ4v) is 5.58. The van der Waals surface area contributed by atoms with E-state index in [0.717, 1.165) is 23.3 Å². The highest BCUT2D eigenvalue weighted by molar-refractivity contribution is 7.89. The lowest BCUT2D eigenvalue weighted by atomic mass is 10.2. The standard InChI is InChI=1S/C12H20ClNO2S2/c1-5-10(6-2)14(4)18(15,16)12-9(3)8-17-11(12)7-13/h8,10H,5-7H2,1-4H3. The van der Waals surface area contributed by atoms with Crippen molar-refractivity contribution in [3.8, 4) is 0 Å². The summed E-state index contributed by atoms with van der Waals surface area (Å²) in [6, 6.07) is 0.0393. The molecule has 18 heavy (non-hydrogen) atoms. The number of hydrogen-bond donors (Lipinski definition) is 0. The Morgan fingerprint density at radius 3 is 2.39 bits per heavy atom. The number of thiophene rings is 1. The van der Waals surface area contributed by atoms with E-state index in [1.165, 1.54) is 15.6 Å². The molecule has 0 N–H and O–H groups in total. The second kappa shape index (κ2) is 6.37. The molecular weight excluding hydrogens is 290 g/mol. The van der Waals surface area contributed by atoms with E-state index in [4.69, 9.17) is 11.6 Å². The number of halogens is 1. The first-order chi connectivity index (χ1) is 8.39. The fraction of sp³-hybridized carbons (Fsp3) is 0.667. The Labute approximate surface area is 119 Å². The molecule has 0 amide bonds. The Morgan fingerprint density at radius 2 is 1.94 bits per heavy atom. The summed E-state index contributed by atoms with van der Waals surface area (Å²) in [5.41, 5.74) is 0.786. The van der Waals surface area contributed by atoms with Crippen molar-refractivity contribution in [2.24, 2.45) is 0 Å². The maximum atomic E-state index is 12.6. The molecule has 1 aromatic rings. The lowest BCUT2D eigenvalue weighted by Gasteiger charge is -2.26. The van der Waals surface area contributed by atoms with Gasteiger partial charge < -0.3 is 0 Å². The number of rotatable bonds is 6. The van der Waals surface area contributed by atoms with Gasteiger partial charge in [0.2, 0.25) is 10.0 Å². The largest absolute Gasteiger partial charge is 0.244 e. The van der Waals surface area contributed by atoms with Crippen LogP contribution in [0.15, 0.2) is 10.3 Å². The maximum absolute atomic E-state index is 12.6. The van der Waals surface area contributed by atoms with Gasteiger partial charge in [0, 0.05) is 18.0 Å². The van der Waals surface area contributed by atoms with Crippen LogP contribution in [0.25, 0.3) is 0 Å². The van der Waals surface area contributed by atoms with E-state index in [-0.39, 0.29) is 11.9 Å². The molecule has 0 spiro atoms. The van der Waals surface area contributed by atoms with Crippen molar-refractivity contribution in [3.05, 3.63) is 15.8 Å². The molecule has 0 fully saturated rings. The van der Waals surface area contributed by atoms with E-state index in [2.05, 4.69) is 0 Å². The van der Waals surface area contributed by atoms with Crippen LogP contribution in [0.5, 0.6) is 0 Å². The third-order valence-electron chi connectivity index (χ3n) is 3.20. The Kier molecular flexibility index (Phi) is 5.65. The zero-order valence-corrected chi connectivity index (χ0v) is 13.6. The van der Waals surface area contributed by atoms with Crippen molar-refractivity contribution in [1.82, 2.24) is 4.31 Å². The van der Waals surface area contributed by atoms with Crippen molar-refractivity contribution in [2.45, 2.75) is 50.4 Å². The summed E-state index contributed by atoms with van der Waals surface area (Å²) in [5.74, 6) is 0.240. The smallest absolute Gasteiger partial charge is 0.207 e. The molecule has 0 aliphatic heterocycles. The second-order valence-electron chi connectivity index (χ2n) is 4.30. The number of sulfonamides is 1.